The van der Waals surface area contributed by atoms with Gasteiger partial charge in [-0.1, -0.05) is 6.07 Å². The average Bonchev–Trinajstić information content (AvgIpc) is 2.38. The lowest BCUT2D eigenvalue weighted by Gasteiger charge is -2.18. The van der Waals surface area contributed by atoms with Crippen LogP contribution >= 0.6 is 11.6 Å². The van der Waals surface area contributed by atoms with Gasteiger partial charge in [0, 0.05) is 6.54 Å². The summed E-state index contributed by atoms with van der Waals surface area (Å²) < 4.78 is 10.9. The predicted molar refractivity (Wildman–Crippen MR) is 69.5 cm³/mol. The number of ether oxygens (including phenoxy) is 2. The lowest BCUT2D eigenvalue weighted by atomic mass is 10.1. The zero-order chi connectivity index (χ0) is 13.0. The van der Waals surface area contributed by atoms with Crippen molar-refractivity contribution in [1.82, 2.24) is 5.32 Å². The zero-order valence-corrected chi connectivity index (χ0v) is 11.0. The third-order valence-corrected chi connectivity index (χ3v) is 2.88. The summed E-state index contributed by atoms with van der Waals surface area (Å²) in [6.07, 6.45) is 0.742. The summed E-state index contributed by atoms with van der Waals surface area (Å²) in [5, 5.41) is 2.27. The van der Waals surface area contributed by atoms with Gasteiger partial charge in [0.05, 0.1) is 0 Å². The molecule has 1 aliphatic rings. The molecular formula is C13H16ClNO3. The van der Waals surface area contributed by atoms with E-state index >= 15 is 0 Å². The summed E-state index contributed by atoms with van der Waals surface area (Å²) in [5.74, 6) is 1.41. The molecule has 2 rings (SSSR count). The molecule has 1 N–H and O–H groups in total. The summed E-state index contributed by atoms with van der Waals surface area (Å²) in [5.41, 5.74) is 1.10. The molecule has 0 unspecified atom stereocenters. The molecule has 0 saturated carbocycles. The molecule has 1 aromatic rings. The van der Waals surface area contributed by atoms with Gasteiger partial charge in [-0.3, -0.25) is 4.79 Å². The minimum Gasteiger partial charge on any atom is -0.486 e. The number of nitrogens with one attached hydrogen (secondary N) is 1. The minimum atomic E-state index is -0.495. The molecule has 0 spiro atoms. The molecule has 0 aromatic heterocycles. The van der Waals surface area contributed by atoms with Crippen LogP contribution in [0.15, 0.2) is 18.2 Å². The van der Waals surface area contributed by atoms with Crippen LogP contribution in [-0.2, 0) is 11.2 Å². The fourth-order valence-corrected chi connectivity index (χ4v) is 1.79. The summed E-state index contributed by atoms with van der Waals surface area (Å²) in [6.45, 7) is 3.39. The molecule has 0 radical (unpaired) electrons. The van der Waals surface area contributed by atoms with Crippen LogP contribution in [0, 0.1) is 0 Å². The summed E-state index contributed by atoms with van der Waals surface area (Å²) >= 11 is 5.66. The highest BCUT2D eigenvalue weighted by atomic mass is 35.5. The van der Waals surface area contributed by atoms with Crippen molar-refractivity contribution in [3.63, 3.8) is 0 Å². The molecular weight excluding hydrogens is 254 g/mol. The first-order chi connectivity index (χ1) is 8.66. The number of amides is 1. The number of hydrogen-bond acceptors (Lipinski definition) is 3. The molecule has 1 amide bonds. The molecule has 0 saturated heterocycles. The monoisotopic (exact) mass is 269 g/mol. The molecule has 1 aliphatic heterocycles. The summed E-state index contributed by atoms with van der Waals surface area (Å²) in [7, 11) is 0. The van der Waals surface area contributed by atoms with Gasteiger partial charge in [0.25, 0.3) is 0 Å². The number of alkyl halides is 1. The Morgan fingerprint density at radius 1 is 1.39 bits per heavy atom. The van der Waals surface area contributed by atoms with E-state index in [2.05, 4.69) is 5.32 Å². The van der Waals surface area contributed by atoms with Gasteiger partial charge in [-0.15, -0.1) is 11.6 Å². The lowest BCUT2D eigenvalue weighted by molar-refractivity contribution is -0.120. The normalized spacial score (nSPS) is 15.0. The SMILES string of the molecule is C[C@H](Cl)C(=O)NCCc1ccc2c(c1)OCCO2. The van der Waals surface area contributed by atoms with Gasteiger partial charge in [0.2, 0.25) is 5.91 Å². The molecule has 1 aromatic carbocycles. The van der Waals surface area contributed by atoms with Gasteiger partial charge < -0.3 is 14.8 Å². The van der Waals surface area contributed by atoms with E-state index in [1.54, 1.807) is 6.92 Å². The Morgan fingerprint density at radius 3 is 2.83 bits per heavy atom. The van der Waals surface area contributed by atoms with Crippen molar-refractivity contribution in [3.8, 4) is 11.5 Å². The van der Waals surface area contributed by atoms with E-state index in [1.807, 2.05) is 18.2 Å². The second kappa shape index (κ2) is 5.96. The molecule has 0 bridgehead atoms. The lowest BCUT2D eigenvalue weighted by Crippen LogP contribution is -2.31. The molecule has 5 heteroatoms. The minimum absolute atomic E-state index is 0.144. The smallest absolute Gasteiger partial charge is 0.237 e. The van der Waals surface area contributed by atoms with Gasteiger partial charge in [0.1, 0.15) is 18.6 Å². The topological polar surface area (TPSA) is 47.6 Å². The quantitative estimate of drug-likeness (QED) is 0.847. The summed E-state index contributed by atoms with van der Waals surface area (Å²) in [4.78, 5) is 11.3. The Bertz CT molecular complexity index is 434. The van der Waals surface area contributed by atoms with Gasteiger partial charge in [0.15, 0.2) is 11.5 Å². The number of halogens is 1. The van der Waals surface area contributed by atoms with Gasteiger partial charge >= 0.3 is 0 Å². The number of benzene rings is 1. The molecule has 0 aliphatic carbocycles. The summed E-state index contributed by atoms with van der Waals surface area (Å²) in [6, 6.07) is 5.82. The van der Waals surface area contributed by atoms with Crippen molar-refractivity contribution < 1.29 is 14.3 Å². The van der Waals surface area contributed by atoms with Crippen molar-refractivity contribution in [3.05, 3.63) is 23.8 Å². The standard InChI is InChI=1S/C13H16ClNO3/c1-9(14)13(16)15-5-4-10-2-3-11-12(8-10)18-7-6-17-11/h2-3,8-9H,4-7H2,1H3,(H,15,16)/t9-/m0/s1. The van der Waals surface area contributed by atoms with E-state index in [9.17, 15) is 4.79 Å². The number of fused-ring (bicyclic) bond motifs is 1. The number of carbonyl (C=O) groups excluding carboxylic acids is 1. The van der Waals surface area contributed by atoms with Crippen LogP contribution in [0.25, 0.3) is 0 Å². The Kier molecular flexibility index (Phi) is 4.31. The first kappa shape index (κ1) is 13.0. The van der Waals surface area contributed by atoms with Gasteiger partial charge in [-0.25, -0.2) is 0 Å². The largest absolute Gasteiger partial charge is 0.486 e. The third kappa shape index (κ3) is 3.29. The van der Waals surface area contributed by atoms with E-state index in [0.29, 0.717) is 19.8 Å². The van der Waals surface area contributed by atoms with E-state index in [0.717, 1.165) is 23.5 Å². The van der Waals surface area contributed by atoms with Gasteiger partial charge in [-0.2, -0.15) is 0 Å². The molecule has 18 heavy (non-hydrogen) atoms. The number of carbonyl (C=O) groups is 1. The molecule has 98 valence electrons. The first-order valence-corrected chi connectivity index (χ1v) is 6.41. The van der Waals surface area contributed by atoms with Crippen LogP contribution in [-0.4, -0.2) is 31.0 Å². The highest BCUT2D eigenvalue weighted by molar-refractivity contribution is 6.30. The number of hydrogen-bond donors (Lipinski definition) is 1. The van der Waals surface area contributed by atoms with Crippen LogP contribution in [0.2, 0.25) is 0 Å². The third-order valence-electron chi connectivity index (χ3n) is 2.68. The molecule has 4 nitrogen and oxygen atoms in total. The highest BCUT2D eigenvalue weighted by Crippen LogP contribution is 2.30. The highest BCUT2D eigenvalue weighted by Gasteiger charge is 2.12. The second-order valence-corrected chi connectivity index (χ2v) is 4.79. The average molecular weight is 270 g/mol. The van der Waals surface area contributed by atoms with Crippen molar-refractivity contribution in [2.24, 2.45) is 0 Å². The Hall–Kier alpha value is -1.42. The Labute approximate surface area is 111 Å². The zero-order valence-electron chi connectivity index (χ0n) is 10.2. The van der Waals surface area contributed by atoms with Crippen molar-refractivity contribution in [2.45, 2.75) is 18.7 Å². The maximum atomic E-state index is 11.3. The van der Waals surface area contributed by atoms with Crippen molar-refractivity contribution in [1.29, 1.82) is 0 Å². The van der Waals surface area contributed by atoms with Gasteiger partial charge in [-0.05, 0) is 31.0 Å². The van der Waals surface area contributed by atoms with Crippen LogP contribution < -0.4 is 14.8 Å². The van der Waals surface area contributed by atoms with Crippen LogP contribution in [0.3, 0.4) is 0 Å². The van der Waals surface area contributed by atoms with E-state index in [4.69, 9.17) is 21.1 Å². The molecule has 0 fully saturated rings. The molecule has 1 atom stereocenters. The number of rotatable bonds is 4. The van der Waals surface area contributed by atoms with E-state index in [-0.39, 0.29) is 5.91 Å². The fraction of sp³-hybridized carbons (Fsp3) is 0.462. The van der Waals surface area contributed by atoms with E-state index < -0.39 is 5.38 Å². The molecule has 1 heterocycles. The van der Waals surface area contributed by atoms with Crippen LogP contribution in [0.4, 0.5) is 0 Å². The Morgan fingerprint density at radius 2 is 2.11 bits per heavy atom. The Balaban J connectivity index is 1.88. The maximum absolute atomic E-state index is 11.3. The van der Waals surface area contributed by atoms with E-state index in [1.165, 1.54) is 0 Å². The van der Waals surface area contributed by atoms with Crippen molar-refractivity contribution in [2.75, 3.05) is 19.8 Å². The first-order valence-electron chi connectivity index (χ1n) is 5.97. The fourth-order valence-electron chi connectivity index (χ4n) is 1.71. The van der Waals surface area contributed by atoms with Crippen molar-refractivity contribution >= 4 is 17.5 Å². The second-order valence-electron chi connectivity index (χ2n) is 4.14. The van der Waals surface area contributed by atoms with Crippen LogP contribution in [0.5, 0.6) is 11.5 Å². The van der Waals surface area contributed by atoms with Crippen LogP contribution in [0.1, 0.15) is 12.5 Å². The maximum Gasteiger partial charge on any atom is 0.237 e. The predicted octanol–water partition coefficient (Wildman–Crippen LogP) is 1.74.